The predicted molar refractivity (Wildman–Crippen MR) is 100 cm³/mol. The molecule has 1 heterocycles. The third-order valence-electron chi connectivity index (χ3n) is 4.53. The number of aliphatic hydroxyl groups excluding tert-OH is 2. The first-order valence-electron chi connectivity index (χ1n) is 8.31. The average molecular weight is 357 g/mol. The van der Waals surface area contributed by atoms with Gasteiger partial charge in [-0.25, -0.2) is 0 Å². The van der Waals surface area contributed by atoms with Gasteiger partial charge in [-0.3, -0.25) is 0 Å². The van der Waals surface area contributed by atoms with Crippen LogP contribution < -0.4 is 14.2 Å². The summed E-state index contributed by atoms with van der Waals surface area (Å²) >= 11 is 0. The number of aromatic nitrogens is 1. The highest BCUT2D eigenvalue weighted by Crippen LogP contribution is 2.41. The molecule has 1 aromatic heterocycles. The Balaban J connectivity index is 2.34. The number of aliphatic hydroxyl groups is 2. The van der Waals surface area contributed by atoms with E-state index < -0.39 is 0 Å². The molecule has 0 aliphatic rings. The summed E-state index contributed by atoms with van der Waals surface area (Å²) in [6, 6.07) is 11.4. The second-order valence-corrected chi connectivity index (χ2v) is 5.81. The Hall–Kier alpha value is -2.70. The molecule has 2 N–H and O–H groups in total. The normalized spacial score (nSPS) is 11.0. The van der Waals surface area contributed by atoms with Crippen molar-refractivity contribution in [2.75, 3.05) is 27.9 Å². The van der Waals surface area contributed by atoms with Crippen LogP contribution in [0, 0.1) is 0 Å². The van der Waals surface area contributed by atoms with Gasteiger partial charge in [-0.2, -0.15) is 0 Å². The lowest BCUT2D eigenvalue weighted by atomic mass is 10.0. The van der Waals surface area contributed by atoms with E-state index in [2.05, 4.69) is 0 Å². The van der Waals surface area contributed by atoms with Crippen molar-refractivity contribution in [1.29, 1.82) is 0 Å². The van der Waals surface area contributed by atoms with Crippen LogP contribution in [0.25, 0.3) is 22.0 Å². The summed E-state index contributed by atoms with van der Waals surface area (Å²) in [5.74, 6) is 1.97. The monoisotopic (exact) mass is 357 g/mol. The van der Waals surface area contributed by atoms with Crippen LogP contribution in [0.1, 0.15) is 5.69 Å². The molecule has 6 nitrogen and oxygen atoms in total. The molecular weight excluding hydrogens is 334 g/mol. The zero-order chi connectivity index (χ0) is 18.7. The number of hydrogen-bond donors (Lipinski definition) is 2. The van der Waals surface area contributed by atoms with Crippen molar-refractivity contribution in [2.24, 2.45) is 0 Å². The second kappa shape index (κ2) is 7.68. The minimum absolute atomic E-state index is 0.0345. The van der Waals surface area contributed by atoms with Crippen LogP contribution in [0.5, 0.6) is 17.2 Å². The van der Waals surface area contributed by atoms with Crippen molar-refractivity contribution in [3.63, 3.8) is 0 Å². The fraction of sp³-hybridized carbons (Fsp3) is 0.300. The Morgan fingerprint density at radius 1 is 0.885 bits per heavy atom. The van der Waals surface area contributed by atoms with Gasteiger partial charge in [0.1, 0.15) is 5.75 Å². The quantitative estimate of drug-likeness (QED) is 0.680. The number of ether oxygens (including phenoxy) is 3. The molecule has 138 valence electrons. The molecule has 2 aromatic carbocycles. The van der Waals surface area contributed by atoms with Crippen molar-refractivity contribution in [3.05, 3.63) is 42.1 Å². The molecule has 3 aromatic rings. The topological polar surface area (TPSA) is 73.1 Å². The van der Waals surface area contributed by atoms with Gasteiger partial charge in [0.2, 0.25) is 0 Å². The van der Waals surface area contributed by atoms with E-state index in [9.17, 15) is 10.2 Å². The lowest BCUT2D eigenvalue weighted by Gasteiger charge is -2.10. The van der Waals surface area contributed by atoms with Crippen LogP contribution >= 0.6 is 0 Å². The Bertz CT molecular complexity index is 899. The Kier molecular flexibility index (Phi) is 5.35. The highest BCUT2D eigenvalue weighted by molar-refractivity contribution is 6.00. The Labute approximate surface area is 152 Å². The maximum atomic E-state index is 10.1. The van der Waals surface area contributed by atoms with E-state index in [4.69, 9.17) is 14.2 Å². The van der Waals surface area contributed by atoms with Crippen molar-refractivity contribution in [1.82, 2.24) is 4.57 Å². The van der Waals surface area contributed by atoms with E-state index in [1.807, 2.05) is 41.0 Å². The Morgan fingerprint density at radius 2 is 1.54 bits per heavy atom. The number of fused-ring (bicyclic) bond motifs is 1. The highest BCUT2D eigenvalue weighted by atomic mass is 16.5. The minimum Gasteiger partial charge on any atom is -0.497 e. The molecular formula is C20H23NO5. The molecule has 0 aliphatic carbocycles. The van der Waals surface area contributed by atoms with Gasteiger partial charge in [-0.05, 0) is 23.8 Å². The lowest BCUT2D eigenvalue weighted by Crippen LogP contribution is -2.06. The summed E-state index contributed by atoms with van der Waals surface area (Å²) in [7, 11) is 4.80. The molecule has 26 heavy (non-hydrogen) atoms. The van der Waals surface area contributed by atoms with Gasteiger partial charge in [0.05, 0.1) is 45.8 Å². The average Bonchev–Trinajstić information content (AvgIpc) is 2.99. The maximum Gasteiger partial charge on any atom is 0.162 e. The third kappa shape index (κ3) is 2.98. The first-order chi connectivity index (χ1) is 12.7. The van der Waals surface area contributed by atoms with Crippen LogP contribution in [-0.4, -0.2) is 42.7 Å². The first-order valence-corrected chi connectivity index (χ1v) is 8.31. The zero-order valence-corrected chi connectivity index (χ0v) is 15.2. The fourth-order valence-electron chi connectivity index (χ4n) is 3.33. The van der Waals surface area contributed by atoms with Gasteiger partial charge in [0, 0.05) is 23.6 Å². The predicted octanol–water partition coefficient (Wildman–Crippen LogP) is 2.82. The molecule has 0 saturated carbocycles. The molecule has 0 spiro atoms. The molecule has 0 radical (unpaired) electrons. The van der Waals surface area contributed by atoms with Gasteiger partial charge < -0.3 is 29.0 Å². The second-order valence-electron chi connectivity index (χ2n) is 5.81. The van der Waals surface area contributed by atoms with Gasteiger partial charge in [0.15, 0.2) is 11.5 Å². The van der Waals surface area contributed by atoms with E-state index >= 15 is 0 Å². The molecule has 0 unspecified atom stereocenters. The van der Waals surface area contributed by atoms with Crippen molar-refractivity contribution >= 4 is 10.9 Å². The van der Waals surface area contributed by atoms with Crippen molar-refractivity contribution in [2.45, 2.75) is 13.2 Å². The number of methoxy groups -OCH3 is 3. The van der Waals surface area contributed by atoms with Crippen LogP contribution in [0.2, 0.25) is 0 Å². The summed E-state index contributed by atoms with van der Waals surface area (Å²) in [6.07, 6.45) is 0. The fourth-order valence-corrected chi connectivity index (χ4v) is 3.33. The first kappa shape index (κ1) is 18.1. The largest absolute Gasteiger partial charge is 0.497 e. The van der Waals surface area contributed by atoms with Crippen LogP contribution in [0.4, 0.5) is 0 Å². The minimum atomic E-state index is -0.152. The number of hydrogen-bond acceptors (Lipinski definition) is 5. The van der Waals surface area contributed by atoms with Gasteiger partial charge >= 0.3 is 0 Å². The molecule has 0 fully saturated rings. The van der Waals surface area contributed by atoms with E-state index in [1.165, 1.54) is 0 Å². The van der Waals surface area contributed by atoms with E-state index in [1.54, 1.807) is 21.3 Å². The van der Waals surface area contributed by atoms with Crippen LogP contribution in [-0.2, 0) is 13.2 Å². The van der Waals surface area contributed by atoms with E-state index in [0.29, 0.717) is 18.0 Å². The summed E-state index contributed by atoms with van der Waals surface area (Å²) in [6.45, 7) is 0.186. The molecule has 0 atom stereocenters. The molecule has 6 heteroatoms. The van der Waals surface area contributed by atoms with Gasteiger partial charge in [0.25, 0.3) is 0 Å². The van der Waals surface area contributed by atoms with Crippen LogP contribution in [0.15, 0.2) is 36.4 Å². The summed E-state index contributed by atoms with van der Waals surface area (Å²) in [5.41, 5.74) is 3.45. The Morgan fingerprint density at radius 3 is 2.08 bits per heavy atom. The van der Waals surface area contributed by atoms with E-state index in [0.717, 1.165) is 33.5 Å². The van der Waals surface area contributed by atoms with Gasteiger partial charge in [-0.15, -0.1) is 0 Å². The SMILES string of the molecule is COc1ccc(-c2c(CO)n(CCO)c3cc(OC)c(OC)cc23)cc1. The molecule has 0 aliphatic heterocycles. The number of rotatable bonds is 7. The smallest absolute Gasteiger partial charge is 0.162 e. The van der Waals surface area contributed by atoms with E-state index in [-0.39, 0.29) is 13.2 Å². The molecule has 3 rings (SSSR count). The van der Waals surface area contributed by atoms with Gasteiger partial charge in [-0.1, -0.05) is 12.1 Å². The summed E-state index contributed by atoms with van der Waals surface area (Å²) in [4.78, 5) is 0. The van der Waals surface area contributed by atoms with Crippen LogP contribution in [0.3, 0.4) is 0 Å². The zero-order valence-electron chi connectivity index (χ0n) is 15.2. The lowest BCUT2D eigenvalue weighted by molar-refractivity contribution is 0.253. The third-order valence-corrected chi connectivity index (χ3v) is 4.53. The standard InChI is InChI=1S/C20H23NO5/c1-24-14-6-4-13(5-7-14)20-15-10-18(25-2)19(26-3)11-16(15)21(8-9-22)17(20)12-23/h4-7,10-11,22-23H,8-9,12H2,1-3H3. The number of nitrogens with zero attached hydrogens (tertiary/aromatic N) is 1. The summed E-state index contributed by atoms with van der Waals surface area (Å²) in [5, 5.41) is 20.5. The number of benzene rings is 2. The molecule has 0 amide bonds. The molecule has 0 bridgehead atoms. The molecule has 0 saturated heterocycles. The summed E-state index contributed by atoms with van der Waals surface area (Å²) < 4.78 is 18.0. The highest BCUT2D eigenvalue weighted by Gasteiger charge is 2.20. The van der Waals surface area contributed by atoms with Crippen molar-refractivity contribution in [3.8, 4) is 28.4 Å². The maximum absolute atomic E-state index is 10.1. The van der Waals surface area contributed by atoms with Crippen molar-refractivity contribution < 1.29 is 24.4 Å².